The first-order valence-electron chi connectivity index (χ1n) is 6.60. The van der Waals surface area contributed by atoms with E-state index in [1.54, 1.807) is 0 Å². The van der Waals surface area contributed by atoms with Gasteiger partial charge >= 0.3 is 0 Å². The predicted molar refractivity (Wildman–Crippen MR) is 68.5 cm³/mol. The molecule has 1 spiro atoms. The van der Waals surface area contributed by atoms with E-state index >= 15 is 0 Å². The van der Waals surface area contributed by atoms with Crippen LogP contribution < -0.4 is 5.14 Å². The minimum atomic E-state index is -3.47. The van der Waals surface area contributed by atoms with Crippen LogP contribution in [-0.4, -0.2) is 25.8 Å². The van der Waals surface area contributed by atoms with Crippen molar-refractivity contribution in [1.82, 2.24) is 4.31 Å². The third kappa shape index (κ3) is 2.83. The van der Waals surface area contributed by atoms with Gasteiger partial charge in [0.25, 0.3) is 10.2 Å². The standard InChI is InChI=1S/C12H24N2O2S/c1-10(2)11-3-4-12(9-11)5-7-14(8-6-12)17(13,15)16/h10-11H,3-9H2,1-2H3,(H2,13,15,16). The smallest absolute Gasteiger partial charge is 0.216 e. The first-order chi connectivity index (χ1) is 7.82. The van der Waals surface area contributed by atoms with E-state index in [2.05, 4.69) is 13.8 Å². The van der Waals surface area contributed by atoms with Gasteiger partial charge in [0.1, 0.15) is 0 Å². The van der Waals surface area contributed by atoms with E-state index in [1.807, 2.05) is 0 Å². The molecule has 100 valence electrons. The van der Waals surface area contributed by atoms with E-state index in [0.29, 0.717) is 18.5 Å². The molecule has 1 heterocycles. The van der Waals surface area contributed by atoms with Crippen LogP contribution in [0.5, 0.6) is 0 Å². The lowest BCUT2D eigenvalue weighted by atomic mass is 9.76. The number of nitrogens with zero attached hydrogens (tertiary/aromatic N) is 1. The van der Waals surface area contributed by atoms with Crippen LogP contribution in [0, 0.1) is 17.3 Å². The average molecular weight is 260 g/mol. The molecule has 2 N–H and O–H groups in total. The molecule has 4 nitrogen and oxygen atoms in total. The second-order valence-electron chi connectivity index (χ2n) is 6.19. The number of rotatable bonds is 2. The summed E-state index contributed by atoms with van der Waals surface area (Å²) in [6.07, 6.45) is 5.85. The fourth-order valence-electron chi connectivity index (χ4n) is 3.49. The molecule has 1 aliphatic carbocycles. The van der Waals surface area contributed by atoms with Crippen molar-refractivity contribution in [1.29, 1.82) is 0 Å². The largest absolute Gasteiger partial charge is 0.276 e. The summed E-state index contributed by atoms with van der Waals surface area (Å²) in [5.41, 5.74) is 0.413. The third-order valence-electron chi connectivity index (χ3n) is 4.83. The predicted octanol–water partition coefficient (Wildman–Crippen LogP) is 1.73. The summed E-state index contributed by atoms with van der Waals surface area (Å²) >= 11 is 0. The number of hydrogen-bond acceptors (Lipinski definition) is 2. The van der Waals surface area contributed by atoms with Crippen LogP contribution in [0.4, 0.5) is 0 Å². The van der Waals surface area contributed by atoms with Gasteiger partial charge < -0.3 is 0 Å². The molecule has 5 heteroatoms. The summed E-state index contributed by atoms with van der Waals surface area (Å²) < 4.78 is 24.0. The molecular weight excluding hydrogens is 236 g/mol. The monoisotopic (exact) mass is 260 g/mol. The van der Waals surface area contributed by atoms with Crippen molar-refractivity contribution in [2.24, 2.45) is 22.4 Å². The highest BCUT2D eigenvalue weighted by Crippen LogP contribution is 2.50. The molecule has 2 aliphatic rings. The molecule has 17 heavy (non-hydrogen) atoms. The minimum Gasteiger partial charge on any atom is -0.216 e. The topological polar surface area (TPSA) is 63.4 Å². The summed E-state index contributed by atoms with van der Waals surface area (Å²) in [6.45, 7) is 5.82. The highest BCUT2D eigenvalue weighted by Gasteiger charge is 2.43. The lowest BCUT2D eigenvalue weighted by Crippen LogP contribution is -2.45. The fourth-order valence-corrected chi connectivity index (χ4v) is 4.18. The Balaban J connectivity index is 1.96. The Kier molecular flexibility index (Phi) is 3.54. The Bertz CT molecular complexity index is 370. The SMILES string of the molecule is CC(C)C1CCC2(CCN(S(N)(=O)=O)CC2)C1. The second-order valence-corrected chi connectivity index (χ2v) is 7.74. The normalized spacial score (nSPS) is 30.2. The summed E-state index contributed by atoms with van der Waals surface area (Å²) in [4.78, 5) is 0. The maximum absolute atomic E-state index is 11.3. The molecule has 0 amide bonds. The molecule has 1 aliphatic heterocycles. The molecule has 0 aromatic carbocycles. The quantitative estimate of drug-likeness (QED) is 0.822. The Hall–Kier alpha value is -0.130. The van der Waals surface area contributed by atoms with E-state index in [9.17, 15) is 8.42 Å². The van der Waals surface area contributed by atoms with Gasteiger partial charge in [0.2, 0.25) is 0 Å². The van der Waals surface area contributed by atoms with Crippen LogP contribution in [-0.2, 0) is 10.2 Å². The van der Waals surface area contributed by atoms with Gasteiger partial charge in [0.15, 0.2) is 0 Å². The van der Waals surface area contributed by atoms with E-state index < -0.39 is 10.2 Å². The van der Waals surface area contributed by atoms with Gasteiger partial charge in [-0.1, -0.05) is 13.8 Å². The van der Waals surface area contributed by atoms with Gasteiger partial charge in [-0.25, -0.2) is 5.14 Å². The van der Waals surface area contributed by atoms with Crippen molar-refractivity contribution < 1.29 is 8.42 Å². The van der Waals surface area contributed by atoms with Gasteiger partial charge in [0.05, 0.1) is 0 Å². The van der Waals surface area contributed by atoms with Crippen molar-refractivity contribution in [2.45, 2.75) is 46.0 Å². The van der Waals surface area contributed by atoms with Crippen LogP contribution >= 0.6 is 0 Å². The molecule has 1 atom stereocenters. The lowest BCUT2D eigenvalue weighted by Gasteiger charge is -2.38. The Morgan fingerprint density at radius 1 is 1.24 bits per heavy atom. The van der Waals surface area contributed by atoms with E-state index in [-0.39, 0.29) is 0 Å². The van der Waals surface area contributed by atoms with Crippen LogP contribution in [0.25, 0.3) is 0 Å². The lowest BCUT2D eigenvalue weighted by molar-refractivity contribution is 0.150. The van der Waals surface area contributed by atoms with Gasteiger partial charge in [-0.3, -0.25) is 0 Å². The molecule has 0 aromatic rings. The molecule has 0 radical (unpaired) electrons. The minimum absolute atomic E-state index is 0.413. The van der Waals surface area contributed by atoms with E-state index in [0.717, 1.165) is 24.7 Å². The number of nitrogens with two attached hydrogens (primary N) is 1. The number of piperidine rings is 1. The van der Waals surface area contributed by atoms with Gasteiger partial charge in [-0.2, -0.15) is 12.7 Å². The van der Waals surface area contributed by atoms with Crippen molar-refractivity contribution in [3.05, 3.63) is 0 Å². The molecule has 1 saturated heterocycles. The van der Waals surface area contributed by atoms with Crippen LogP contribution in [0.1, 0.15) is 46.0 Å². The molecule has 0 aromatic heterocycles. The highest BCUT2D eigenvalue weighted by molar-refractivity contribution is 7.86. The van der Waals surface area contributed by atoms with Gasteiger partial charge in [0, 0.05) is 13.1 Å². The summed E-state index contributed by atoms with van der Waals surface area (Å²) in [5, 5.41) is 5.17. The molecule has 0 bridgehead atoms. The Morgan fingerprint density at radius 3 is 2.24 bits per heavy atom. The van der Waals surface area contributed by atoms with Crippen molar-refractivity contribution >= 4 is 10.2 Å². The summed E-state index contributed by atoms with van der Waals surface area (Å²) in [5.74, 6) is 1.58. The molecule has 1 unspecified atom stereocenters. The van der Waals surface area contributed by atoms with Crippen molar-refractivity contribution in [2.75, 3.05) is 13.1 Å². The van der Waals surface area contributed by atoms with E-state index in [4.69, 9.17) is 5.14 Å². The average Bonchev–Trinajstić information content (AvgIpc) is 2.62. The van der Waals surface area contributed by atoms with Gasteiger partial charge in [-0.05, 0) is 49.4 Å². The van der Waals surface area contributed by atoms with Crippen LogP contribution in [0.2, 0.25) is 0 Å². The number of hydrogen-bond donors (Lipinski definition) is 1. The first kappa shape index (κ1) is 13.3. The summed E-state index contributed by atoms with van der Waals surface area (Å²) in [6, 6.07) is 0. The molecule has 2 rings (SSSR count). The molecular formula is C12H24N2O2S. The van der Waals surface area contributed by atoms with Crippen molar-refractivity contribution in [3.8, 4) is 0 Å². The maximum atomic E-state index is 11.3. The zero-order valence-corrected chi connectivity index (χ0v) is 11.7. The third-order valence-corrected chi connectivity index (χ3v) is 5.91. The molecule has 1 saturated carbocycles. The van der Waals surface area contributed by atoms with Crippen LogP contribution in [0.15, 0.2) is 0 Å². The second kappa shape index (κ2) is 4.52. The van der Waals surface area contributed by atoms with Crippen LogP contribution in [0.3, 0.4) is 0 Å². The van der Waals surface area contributed by atoms with Crippen molar-refractivity contribution in [3.63, 3.8) is 0 Å². The highest BCUT2D eigenvalue weighted by atomic mass is 32.2. The fraction of sp³-hybridized carbons (Fsp3) is 1.00. The Labute approximate surface area is 105 Å². The zero-order valence-electron chi connectivity index (χ0n) is 10.9. The first-order valence-corrected chi connectivity index (χ1v) is 8.11. The van der Waals surface area contributed by atoms with E-state index in [1.165, 1.54) is 23.6 Å². The summed E-state index contributed by atoms with van der Waals surface area (Å²) in [7, 11) is -3.47. The van der Waals surface area contributed by atoms with Gasteiger partial charge in [-0.15, -0.1) is 0 Å². The molecule has 2 fully saturated rings. The Morgan fingerprint density at radius 2 is 1.82 bits per heavy atom. The zero-order chi connectivity index (χ0) is 12.7. The maximum Gasteiger partial charge on any atom is 0.276 e.